The topological polar surface area (TPSA) is 76.2 Å². The number of methoxy groups -OCH3 is 1. The minimum atomic E-state index is -0.481. The number of aldehydes is 1. The molecule has 0 spiro atoms. The maximum Gasteiger partial charge on any atom is 0.410 e. The summed E-state index contributed by atoms with van der Waals surface area (Å²) in [5.74, 6) is -0.481. The molecule has 0 saturated carbocycles. The van der Waals surface area contributed by atoms with E-state index >= 15 is 0 Å². The van der Waals surface area contributed by atoms with Gasteiger partial charge in [-0.1, -0.05) is 13.3 Å². The Morgan fingerprint density at radius 2 is 1.96 bits per heavy atom. The Kier molecular flexibility index (Phi) is 7.21. The van der Waals surface area contributed by atoms with Crippen molar-refractivity contribution in [1.29, 1.82) is 0 Å². The second kappa shape index (κ2) is 9.39. The summed E-state index contributed by atoms with van der Waals surface area (Å²) >= 11 is 0. The molecule has 7 heteroatoms. The summed E-state index contributed by atoms with van der Waals surface area (Å²) in [6.45, 7) is 7.52. The quantitative estimate of drug-likeness (QED) is 0.431. The molecule has 1 aromatic carbocycles. The second-order valence-electron chi connectivity index (χ2n) is 6.85. The van der Waals surface area contributed by atoms with E-state index in [1.807, 2.05) is 20.8 Å². The fourth-order valence-electron chi connectivity index (χ4n) is 3.26. The maximum atomic E-state index is 12.3. The molecule has 1 fully saturated rings. The molecule has 1 saturated heterocycles. The first kappa shape index (κ1) is 20.7. The largest absolute Gasteiger partial charge is 0.465 e. The smallest absolute Gasteiger partial charge is 0.410 e. The number of benzene rings is 1. The van der Waals surface area contributed by atoms with Crippen molar-refractivity contribution in [3.8, 4) is 0 Å². The lowest BCUT2D eigenvalue weighted by Crippen LogP contribution is -2.58. The van der Waals surface area contributed by atoms with Crippen LogP contribution in [0.5, 0.6) is 0 Å². The van der Waals surface area contributed by atoms with E-state index in [1.54, 1.807) is 17.0 Å². The molecule has 0 unspecified atom stereocenters. The van der Waals surface area contributed by atoms with Crippen LogP contribution >= 0.6 is 0 Å². The SMILES string of the molecule is CCCCOC(=O)N1C[C@@H](C)N(c2ccc(C(=O)OC)cc2C=O)C[C@@H]1C. The number of carbonyl (C=O) groups excluding carboxylic acids is 3. The van der Waals surface area contributed by atoms with Crippen LogP contribution in [0.25, 0.3) is 0 Å². The molecule has 1 aliphatic heterocycles. The monoisotopic (exact) mass is 376 g/mol. The van der Waals surface area contributed by atoms with Gasteiger partial charge in [0.1, 0.15) is 0 Å². The van der Waals surface area contributed by atoms with Crippen molar-refractivity contribution in [2.45, 2.75) is 45.7 Å². The highest BCUT2D eigenvalue weighted by Crippen LogP contribution is 2.27. The highest BCUT2D eigenvalue weighted by molar-refractivity contribution is 5.94. The normalized spacial score (nSPS) is 19.6. The molecule has 0 bridgehead atoms. The van der Waals surface area contributed by atoms with Crippen LogP contribution in [0.3, 0.4) is 0 Å². The number of carbonyl (C=O) groups is 3. The van der Waals surface area contributed by atoms with E-state index in [2.05, 4.69) is 4.90 Å². The van der Waals surface area contributed by atoms with Crippen molar-refractivity contribution in [3.05, 3.63) is 29.3 Å². The third-order valence-corrected chi connectivity index (χ3v) is 4.83. The Hall–Kier alpha value is -2.57. The zero-order chi connectivity index (χ0) is 20.0. The number of hydrogen-bond acceptors (Lipinski definition) is 6. The summed E-state index contributed by atoms with van der Waals surface area (Å²) in [5.41, 5.74) is 1.51. The number of esters is 1. The van der Waals surface area contributed by atoms with Gasteiger partial charge in [-0.3, -0.25) is 4.79 Å². The number of amides is 1. The molecule has 2 rings (SSSR count). The van der Waals surface area contributed by atoms with Crippen LogP contribution in [0.15, 0.2) is 18.2 Å². The van der Waals surface area contributed by atoms with Crippen LogP contribution in [0.4, 0.5) is 10.5 Å². The van der Waals surface area contributed by atoms with Gasteiger partial charge >= 0.3 is 12.1 Å². The third kappa shape index (κ3) is 4.78. The first-order valence-electron chi connectivity index (χ1n) is 9.30. The van der Waals surface area contributed by atoms with E-state index in [4.69, 9.17) is 9.47 Å². The van der Waals surface area contributed by atoms with Crippen LogP contribution < -0.4 is 4.90 Å². The summed E-state index contributed by atoms with van der Waals surface area (Å²) in [5, 5.41) is 0. The highest BCUT2D eigenvalue weighted by atomic mass is 16.6. The average molecular weight is 376 g/mol. The van der Waals surface area contributed by atoms with E-state index < -0.39 is 5.97 Å². The third-order valence-electron chi connectivity index (χ3n) is 4.83. The van der Waals surface area contributed by atoms with Gasteiger partial charge in [-0.15, -0.1) is 0 Å². The molecule has 1 amide bonds. The molecular weight excluding hydrogens is 348 g/mol. The minimum Gasteiger partial charge on any atom is -0.465 e. The summed E-state index contributed by atoms with van der Waals surface area (Å²) < 4.78 is 10.1. The van der Waals surface area contributed by atoms with Gasteiger partial charge in [0.05, 0.1) is 19.3 Å². The number of piperazine rings is 1. The van der Waals surface area contributed by atoms with Gasteiger partial charge in [-0.2, -0.15) is 0 Å². The molecule has 0 N–H and O–H groups in total. The van der Waals surface area contributed by atoms with Gasteiger partial charge in [0.2, 0.25) is 0 Å². The average Bonchev–Trinajstić information content (AvgIpc) is 2.68. The minimum absolute atomic E-state index is 0.00241. The Labute approximate surface area is 160 Å². The molecule has 0 aromatic heterocycles. The molecule has 0 radical (unpaired) electrons. The van der Waals surface area contributed by atoms with Gasteiger partial charge in [0.25, 0.3) is 0 Å². The van der Waals surface area contributed by atoms with Gasteiger partial charge in [0.15, 0.2) is 6.29 Å². The molecule has 1 aromatic rings. The Bertz CT molecular complexity index is 691. The van der Waals surface area contributed by atoms with E-state index in [1.165, 1.54) is 13.2 Å². The van der Waals surface area contributed by atoms with Crippen molar-refractivity contribution >= 4 is 24.0 Å². The molecular formula is C20H28N2O5. The van der Waals surface area contributed by atoms with E-state index in [9.17, 15) is 14.4 Å². The molecule has 2 atom stereocenters. The van der Waals surface area contributed by atoms with Crippen molar-refractivity contribution in [2.24, 2.45) is 0 Å². The van der Waals surface area contributed by atoms with E-state index in [0.29, 0.717) is 30.8 Å². The van der Waals surface area contributed by atoms with E-state index in [-0.39, 0.29) is 18.2 Å². The zero-order valence-electron chi connectivity index (χ0n) is 16.4. The number of rotatable bonds is 6. The zero-order valence-corrected chi connectivity index (χ0v) is 16.4. The molecule has 7 nitrogen and oxygen atoms in total. The Morgan fingerprint density at radius 1 is 1.22 bits per heavy atom. The molecule has 27 heavy (non-hydrogen) atoms. The van der Waals surface area contributed by atoms with Crippen molar-refractivity contribution in [1.82, 2.24) is 4.90 Å². The van der Waals surface area contributed by atoms with Crippen LogP contribution in [0.1, 0.15) is 54.3 Å². The molecule has 148 valence electrons. The van der Waals surface area contributed by atoms with Gasteiger partial charge in [-0.05, 0) is 38.5 Å². The summed E-state index contributed by atoms with van der Waals surface area (Å²) in [6, 6.07) is 4.89. The van der Waals surface area contributed by atoms with Crippen LogP contribution in [0, 0.1) is 0 Å². The number of nitrogens with zero attached hydrogens (tertiary/aromatic N) is 2. The number of hydrogen-bond donors (Lipinski definition) is 0. The van der Waals surface area contributed by atoms with Gasteiger partial charge in [-0.25, -0.2) is 9.59 Å². The lowest BCUT2D eigenvalue weighted by molar-refractivity contribution is 0.0600. The Balaban J connectivity index is 2.16. The van der Waals surface area contributed by atoms with E-state index in [0.717, 1.165) is 24.8 Å². The Morgan fingerprint density at radius 3 is 2.59 bits per heavy atom. The standard InChI is InChI=1S/C20H28N2O5/c1-5-6-9-27-20(25)22-12-14(2)21(11-15(22)3)18-8-7-16(19(24)26-4)10-17(18)13-23/h7-8,10,13-15H,5-6,9,11-12H2,1-4H3/t14-,15+/m1/s1. The first-order chi connectivity index (χ1) is 12.9. The summed E-state index contributed by atoms with van der Waals surface area (Å²) in [4.78, 5) is 39.4. The second-order valence-corrected chi connectivity index (χ2v) is 6.85. The molecule has 1 aliphatic rings. The van der Waals surface area contributed by atoms with Crippen LogP contribution in [0.2, 0.25) is 0 Å². The predicted molar refractivity (Wildman–Crippen MR) is 102 cm³/mol. The maximum absolute atomic E-state index is 12.3. The number of ether oxygens (including phenoxy) is 2. The summed E-state index contributed by atoms with van der Waals surface area (Å²) in [7, 11) is 1.30. The van der Waals surface area contributed by atoms with Gasteiger partial charge < -0.3 is 19.3 Å². The van der Waals surface area contributed by atoms with Crippen LogP contribution in [-0.2, 0) is 9.47 Å². The number of unbranched alkanes of at least 4 members (excludes halogenated alkanes) is 1. The van der Waals surface area contributed by atoms with Crippen LogP contribution in [-0.4, -0.2) is 62.1 Å². The first-order valence-corrected chi connectivity index (χ1v) is 9.30. The predicted octanol–water partition coefficient (Wildman–Crippen LogP) is 3.12. The lowest BCUT2D eigenvalue weighted by atomic mass is 10.0. The highest BCUT2D eigenvalue weighted by Gasteiger charge is 2.33. The van der Waals surface area contributed by atoms with Crippen molar-refractivity contribution < 1.29 is 23.9 Å². The van der Waals surface area contributed by atoms with Crippen molar-refractivity contribution in [3.63, 3.8) is 0 Å². The summed E-state index contributed by atoms with van der Waals surface area (Å²) in [6.07, 6.45) is 2.28. The molecule has 0 aliphatic carbocycles. The fourth-order valence-corrected chi connectivity index (χ4v) is 3.26. The van der Waals surface area contributed by atoms with Gasteiger partial charge in [0, 0.05) is 36.4 Å². The lowest BCUT2D eigenvalue weighted by Gasteiger charge is -2.45. The molecule has 1 heterocycles. The van der Waals surface area contributed by atoms with Crippen molar-refractivity contribution in [2.75, 3.05) is 31.7 Å². The fraction of sp³-hybridized carbons (Fsp3) is 0.550. The number of anilines is 1.